The van der Waals surface area contributed by atoms with Crippen molar-refractivity contribution in [2.75, 3.05) is 13.1 Å². The van der Waals surface area contributed by atoms with Gasteiger partial charge >= 0.3 is 0 Å². The molecule has 0 atom stereocenters. The van der Waals surface area contributed by atoms with Gasteiger partial charge in [0.2, 0.25) is 0 Å². The second-order valence-corrected chi connectivity index (χ2v) is 7.20. The van der Waals surface area contributed by atoms with Crippen LogP contribution in [0.15, 0.2) is 33.5 Å². The molecule has 24 heavy (non-hydrogen) atoms. The van der Waals surface area contributed by atoms with Crippen LogP contribution in [-0.2, 0) is 25.9 Å². The van der Waals surface area contributed by atoms with Crippen molar-refractivity contribution in [3.05, 3.63) is 56.0 Å². The minimum absolute atomic E-state index is 0. The van der Waals surface area contributed by atoms with Crippen LogP contribution in [0.3, 0.4) is 0 Å². The third kappa shape index (κ3) is 5.93. The molecule has 0 saturated carbocycles. The highest BCUT2D eigenvalue weighted by molar-refractivity contribution is 9.10. The van der Waals surface area contributed by atoms with E-state index in [-0.39, 0.29) is 24.8 Å². The van der Waals surface area contributed by atoms with Gasteiger partial charge in [-0.1, -0.05) is 0 Å². The van der Waals surface area contributed by atoms with Crippen molar-refractivity contribution in [1.82, 2.24) is 20.6 Å². The van der Waals surface area contributed by atoms with E-state index in [4.69, 9.17) is 0 Å². The van der Waals surface area contributed by atoms with Gasteiger partial charge in [-0.15, -0.1) is 24.8 Å². The van der Waals surface area contributed by atoms with Gasteiger partial charge in [-0.3, -0.25) is 9.97 Å². The smallest absolute Gasteiger partial charge is 0.0462 e. The lowest BCUT2D eigenvalue weighted by atomic mass is 10.1. The summed E-state index contributed by atoms with van der Waals surface area (Å²) < 4.78 is 2.14. The molecular weight excluding hydrogens is 479 g/mol. The lowest BCUT2D eigenvalue weighted by Crippen LogP contribution is -2.24. The van der Waals surface area contributed by atoms with Gasteiger partial charge in [0.15, 0.2) is 0 Å². The number of fused-ring (bicyclic) bond motifs is 2. The van der Waals surface area contributed by atoms with Crippen LogP contribution in [0.5, 0.6) is 0 Å². The Morgan fingerprint density at radius 3 is 1.58 bits per heavy atom. The number of hydrogen-bond acceptors (Lipinski definition) is 4. The van der Waals surface area contributed by atoms with Crippen LogP contribution in [0.4, 0.5) is 0 Å². The van der Waals surface area contributed by atoms with Crippen LogP contribution < -0.4 is 10.6 Å². The molecule has 8 heteroatoms. The molecule has 0 bridgehead atoms. The predicted molar refractivity (Wildman–Crippen MR) is 109 cm³/mol. The quantitative estimate of drug-likeness (QED) is 0.579. The fraction of sp³-hybridized carbons (Fsp3) is 0.375. The first-order valence-corrected chi connectivity index (χ1v) is 8.99. The van der Waals surface area contributed by atoms with Crippen molar-refractivity contribution in [2.45, 2.75) is 25.9 Å². The van der Waals surface area contributed by atoms with Crippen molar-refractivity contribution in [3.8, 4) is 0 Å². The Balaban J connectivity index is 0.000000222. The average Bonchev–Trinajstić information content (AvgIpc) is 2.55. The highest BCUT2D eigenvalue weighted by Crippen LogP contribution is 2.17. The van der Waals surface area contributed by atoms with Crippen LogP contribution >= 0.6 is 56.7 Å². The number of nitrogens with zero attached hydrogens (tertiary/aromatic N) is 2. The summed E-state index contributed by atoms with van der Waals surface area (Å²) in [5.41, 5.74) is 5.13. The summed E-state index contributed by atoms with van der Waals surface area (Å²) in [5.74, 6) is 0. The van der Waals surface area contributed by atoms with Crippen molar-refractivity contribution in [2.24, 2.45) is 0 Å². The average molecular weight is 499 g/mol. The summed E-state index contributed by atoms with van der Waals surface area (Å²) >= 11 is 6.80. The minimum Gasteiger partial charge on any atom is -0.312 e. The van der Waals surface area contributed by atoms with E-state index >= 15 is 0 Å². The first-order valence-electron chi connectivity index (χ1n) is 7.40. The van der Waals surface area contributed by atoms with Crippen molar-refractivity contribution in [3.63, 3.8) is 0 Å². The van der Waals surface area contributed by atoms with E-state index in [9.17, 15) is 0 Å². The van der Waals surface area contributed by atoms with Gasteiger partial charge in [0.05, 0.1) is 0 Å². The van der Waals surface area contributed by atoms with E-state index in [2.05, 4.69) is 64.6 Å². The fourth-order valence-electron chi connectivity index (χ4n) is 2.64. The molecule has 2 aliphatic rings. The summed E-state index contributed by atoms with van der Waals surface area (Å²) in [6.45, 7) is 4.03. The number of aromatic nitrogens is 2. The maximum Gasteiger partial charge on any atom is 0.0462 e. The van der Waals surface area contributed by atoms with Crippen LogP contribution in [0.25, 0.3) is 0 Å². The van der Waals surface area contributed by atoms with Gasteiger partial charge in [-0.25, -0.2) is 0 Å². The van der Waals surface area contributed by atoms with E-state index in [1.165, 1.54) is 22.5 Å². The monoisotopic (exact) mass is 496 g/mol. The zero-order valence-corrected chi connectivity index (χ0v) is 17.8. The van der Waals surface area contributed by atoms with Crippen molar-refractivity contribution >= 4 is 56.7 Å². The molecule has 0 aliphatic carbocycles. The number of halogens is 4. The Bertz CT molecular complexity index is 613. The first-order chi connectivity index (χ1) is 10.7. The van der Waals surface area contributed by atoms with Crippen molar-refractivity contribution in [1.29, 1.82) is 0 Å². The third-order valence-corrected chi connectivity index (χ3v) is 4.63. The molecule has 0 fully saturated rings. The second kappa shape index (κ2) is 10.7. The van der Waals surface area contributed by atoms with Crippen LogP contribution in [0.2, 0.25) is 0 Å². The van der Waals surface area contributed by atoms with Crippen LogP contribution in [0.1, 0.15) is 22.5 Å². The molecule has 0 amide bonds. The number of nitrogens with one attached hydrogen (secondary N) is 2. The van der Waals surface area contributed by atoms with Crippen molar-refractivity contribution < 1.29 is 0 Å². The zero-order chi connectivity index (χ0) is 15.4. The maximum atomic E-state index is 4.33. The molecule has 2 aliphatic heterocycles. The van der Waals surface area contributed by atoms with Gasteiger partial charge in [-0.05, 0) is 55.1 Å². The van der Waals surface area contributed by atoms with Gasteiger partial charge < -0.3 is 10.6 Å². The summed E-state index contributed by atoms with van der Waals surface area (Å²) in [6, 6.07) is 4.27. The molecule has 0 spiro atoms. The molecule has 0 unspecified atom stereocenters. The number of rotatable bonds is 0. The molecule has 0 radical (unpaired) electrons. The Kier molecular flexibility index (Phi) is 9.71. The van der Waals surface area contributed by atoms with E-state index in [1.807, 2.05) is 12.4 Å². The summed E-state index contributed by atoms with van der Waals surface area (Å²) in [4.78, 5) is 8.66. The summed E-state index contributed by atoms with van der Waals surface area (Å²) in [7, 11) is 0. The fourth-order valence-corrected chi connectivity index (χ4v) is 3.39. The number of pyridine rings is 2. The SMILES string of the molecule is Brc1cnc2c(c1)CNCC2.Brc1cnc2c(c1)CNCC2.Cl.Cl. The Labute approximate surface area is 171 Å². The molecule has 2 N–H and O–H groups in total. The van der Waals surface area contributed by atoms with E-state index in [0.717, 1.165) is 48.0 Å². The first kappa shape index (κ1) is 21.8. The molecule has 2 aromatic heterocycles. The normalized spacial score (nSPS) is 14.8. The predicted octanol–water partition coefficient (Wildman–Crippen LogP) is 3.82. The lowest BCUT2D eigenvalue weighted by Gasteiger charge is -2.15. The van der Waals surface area contributed by atoms with Gasteiger partial charge in [-0.2, -0.15) is 0 Å². The summed E-state index contributed by atoms with van der Waals surface area (Å²) in [6.07, 6.45) is 5.85. The Hall–Kier alpha value is -0.240. The van der Waals surface area contributed by atoms with Gasteiger partial charge in [0.25, 0.3) is 0 Å². The molecule has 2 aromatic rings. The Morgan fingerprint density at radius 1 is 0.750 bits per heavy atom. The Morgan fingerprint density at radius 2 is 1.17 bits per heavy atom. The van der Waals surface area contributed by atoms with E-state index in [1.54, 1.807) is 0 Å². The molecule has 4 heterocycles. The van der Waals surface area contributed by atoms with Gasteiger partial charge in [0, 0.05) is 71.7 Å². The zero-order valence-electron chi connectivity index (χ0n) is 13.0. The largest absolute Gasteiger partial charge is 0.312 e. The minimum atomic E-state index is 0. The standard InChI is InChI=1S/2C8H9BrN2.2ClH/c2*9-7-3-6-4-10-2-1-8(6)11-5-7;;/h2*3,5,10H,1-2,4H2;2*1H. The molecule has 0 saturated heterocycles. The van der Waals surface area contributed by atoms with Gasteiger partial charge in [0.1, 0.15) is 0 Å². The maximum absolute atomic E-state index is 4.33. The van der Waals surface area contributed by atoms with Crippen LogP contribution in [-0.4, -0.2) is 23.1 Å². The topological polar surface area (TPSA) is 49.8 Å². The molecule has 132 valence electrons. The van der Waals surface area contributed by atoms with E-state index < -0.39 is 0 Å². The molecule has 0 aromatic carbocycles. The van der Waals surface area contributed by atoms with Crippen LogP contribution in [0, 0.1) is 0 Å². The molecule has 4 rings (SSSR count). The molecular formula is C16H20Br2Cl2N4. The van der Waals surface area contributed by atoms with E-state index in [0.29, 0.717) is 0 Å². The highest BCUT2D eigenvalue weighted by Gasteiger charge is 2.09. The molecule has 4 nitrogen and oxygen atoms in total. The lowest BCUT2D eigenvalue weighted by molar-refractivity contribution is 0.629. The number of hydrogen-bond donors (Lipinski definition) is 2. The second-order valence-electron chi connectivity index (χ2n) is 5.37. The third-order valence-electron chi connectivity index (χ3n) is 3.76. The summed E-state index contributed by atoms with van der Waals surface area (Å²) in [5, 5.41) is 6.61. The highest BCUT2D eigenvalue weighted by atomic mass is 79.9.